The van der Waals surface area contributed by atoms with Crippen molar-refractivity contribution in [3.05, 3.63) is 0 Å². The van der Waals surface area contributed by atoms with Crippen LogP contribution in [0.2, 0.25) is 0 Å². The summed E-state index contributed by atoms with van der Waals surface area (Å²) >= 11 is 4.99. The molecule has 0 aromatic carbocycles. The minimum Gasteiger partial charge on any atom is -0.381 e. The summed E-state index contributed by atoms with van der Waals surface area (Å²) in [4.78, 5) is 1.80. The Morgan fingerprint density at radius 2 is 2.46 bits per heavy atom. The minimum absolute atomic E-state index is 0.442. The number of nitrogens with zero attached hydrogens (tertiary/aromatic N) is 2. The third kappa shape index (κ3) is 3.69. The summed E-state index contributed by atoms with van der Waals surface area (Å²) in [5.41, 5.74) is 2.78. The zero-order valence-electron chi connectivity index (χ0n) is 7.99. The molecule has 5 heteroatoms. The monoisotopic (exact) mass is 201 g/mol. The first kappa shape index (κ1) is 10.4. The average molecular weight is 201 g/mol. The van der Waals surface area contributed by atoms with Crippen molar-refractivity contribution < 1.29 is 4.74 Å². The van der Waals surface area contributed by atoms with Gasteiger partial charge in [0.2, 0.25) is 0 Å². The second-order valence-electron chi connectivity index (χ2n) is 3.21. The molecule has 74 valence electrons. The molecule has 0 aliphatic carbocycles. The lowest BCUT2D eigenvalue weighted by atomic mass is 10.1. The third-order valence-electron chi connectivity index (χ3n) is 1.82. The predicted octanol–water partition coefficient (Wildman–Crippen LogP) is 0.445. The molecule has 0 saturated carbocycles. The molecule has 0 amide bonds. The molecule has 0 aromatic heterocycles. The fourth-order valence-electron chi connectivity index (χ4n) is 0.968. The number of rotatable bonds is 2. The van der Waals surface area contributed by atoms with Crippen LogP contribution in [0.25, 0.3) is 0 Å². The van der Waals surface area contributed by atoms with Gasteiger partial charge < -0.3 is 9.64 Å². The second kappa shape index (κ2) is 5.14. The van der Waals surface area contributed by atoms with Crippen molar-refractivity contribution in [2.45, 2.75) is 6.42 Å². The molecule has 1 fully saturated rings. The van der Waals surface area contributed by atoms with Crippen LogP contribution in [0.1, 0.15) is 6.42 Å². The topological polar surface area (TPSA) is 36.9 Å². The first-order valence-electron chi connectivity index (χ1n) is 4.28. The minimum atomic E-state index is 0.442. The smallest absolute Gasteiger partial charge is 0.189 e. The van der Waals surface area contributed by atoms with Crippen molar-refractivity contribution in [3.8, 4) is 0 Å². The summed E-state index contributed by atoms with van der Waals surface area (Å²) in [6, 6.07) is 0. The van der Waals surface area contributed by atoms with E-state index in [9.17, 15) is 0 Å². The Kier molecular flexibility index (Phi) is 4.11. The molecule has 1 aliphatic heterocycles. The second-order valence-corrected chi connectivity index (χ2v) is 3.60. The molecule has 13 heavy (non-hydrogen) atoms. The quantitative estimate of drug-likeness (QED) is 0.400. The molecule has 0 aromatic rings. The summed E-state index contributed by atoms with van der Waals surface area (Å²) < 4.78 is 5.20. The lowest BCUT2D eigenvalue weighted by Gasteiger charge is -2.11. The van der Waals surface area contributed by atoms with Crippen molar-refractivity contribution in [2.75, 3.05) is 27.3 Å². The van der Waals surface area contributed by atoms with Crippen LogP contribution < -0.4 is 5.43 Å². The number of thiocarbonyl (C=S) groups is 1. The van der Waals surface area contributed by atoms with Crippen molar-refractivity contribution in [2.24, 2.45) is 11.0 Å². The van der Waals surface area contributed by atoms with E-state index < -0.39 is 0 Å². The van der Waals surface area contributed by atoms with Crippen molar-refractivity contribution in [1.29, 1.82) is 0 Å². The molecular formula is C8H15N3OS. The Hall–Kier alpha value is -0.680. The SMILES string of the molecule is CN(C)C(=S)N/N=C/C1CCOC1. The number of ether oxygens (including phenoxy) is 1. The molecule has 1 aliphatic rings. The molecule has 1 atom stereocenters. The maximum Gasteiger partial charge on any atom is 0.189 e. The highest BCUT2D eigenvalue weighted by Crippen LogP contribution is 2.08. The summed E-state index contributed by atoms with van der Waals surface area (Å²) in [7, 11) is 3.76. The van der Waals surface area contributed by atoms with Crippen molar-refractivity contribution >= 4 is 23.5 Å². The molecule has 1 unspecified atom stereocenters. The first-order chi connectivity index (χ1) is 6.20. The molecule has 1 N–H and O–H groups in total. The van der Waals surface area contributed by atoms with Crippen molar-refractivity contribution in [3.63, 3.8) is 0 Å². The Morgan fingerprint density at radius 1 is 1.69 bits per heavy atom. The number of hydrazone groups is 1. The van der Waals surface area contributed by atoms with Gasteiger partial charge in [0.15, 0.2) is 5.11 Å². The number of hydrogen-bond donors (Lipinski definition) is 1. The van der Waals surface area contributed by atoms with Gasteiger partial charge in [-0.25, -0.2) is 0 Å². The Morgan fingerprint density at radius 3 is 3.00 bits per heavy atom. The van der Waals surface area contributed by atoms with E-state index in [0.717, 1.165) is 19.6 Å². The zero-order valence-corrected chi connectivity index (χ0v) is 8.80. The highest BCUT2D eigenvalue weighted by molar-refractivity contribution is 7.80. The molecule has 0 radical (unpaired) electrons. The summed E-state index contributed by atoms with van der Waals surface area (Å²) in [5.74, 6) is 0.442. The van der Waals surface area contributed by atoms with Gasteiger partial charge in [0.25, 0.3) is 0 Å². The highest BCUT2D eigenvalue weighted by Gasteiger charge is 2.12. The fourth-order valence-corrected chi connectivity index (χ4v) is 1.02. The number of hydrogen-bond acceptors (Lipinski definition) is 3. The normalized spacial score (nSPS) is 22.2. The van der Waals surface area contributed by atoms with E-state index in [1.807, 2.05) is 20.3 Å². The Bertz CT molecular complexity index is 200. The fraction of sp³-hybridized carbons (Fsp3) is 0.750. The standard InChI is InChI=1S/C8H15N3OS/c1-11(2)8(13)10-9-5-7-3-4-12-6-7/h5,7H,3-4,6H2,1-2H3,(H,10,13)/b9-5+. The van der Waals surface area contributed by atoms with Gasteiger partial charge in [0.05, 0.1) is 6.61 Å². The lowest BCUT2D eigenvalue weighted by Crippen LogP contribution is -2.31. The van der Waals surface area contributed by atoms with E-state index >= 15 is 0 Å². The van der Waals surface area contributed by atoms with Crippen LogP contribution in [0.15, 0.2) is 5.10 Å². The van der Waals surface area contributed by atoms with Gasteiger partial charge in [0, 0.05) is 32.8 Å². The van der Waals surface area contributed by atoms with E-state index in [1.165, 1.54) is 0 Å². The first-order valence-corrected chi connectivity index (χ1v) is 4.69. The van der Waals surface area contributed by atoms with Crippen LogP contribution in [0.3, 0.4) is 0 Å². The predicted molar refractivity (Wildman–Crippen MR) is 56.8 cm³/mol. The van der Waals surface area contributed by atoms with Crippen molar-refractivity contribution in [1.82, 2.24) is 10.3 Å². The van der Waals surface area contributed by atoms with Gasteiger partial charge in [0.1, 0.15) is 0 Å². The van der Waals surface area contributed by atoms with Crippen LogP contribution in [0, 0.1) is 5.92 Å². The van der Waals surface area contributed by atoms with Crippen LogP contribution >= 0.6 is 12.2 Å². The van der Waals surface area contributed by atoms with Gasteiger partial charge in [-0.05, 0) is 18.6 Å². The largest absolute Gasteiger partial charge is 0.381 e. The van der Waals surface area contributed by atoms with E-state index in [-0.39, 0.29) is 0 Å². The summed E-state index contributed by atoms with van der Waals surface area (Å²) in [5, 5.41) is 4.66. The summed E-state index contributed by atoms with van der Waals surface area (Å²) in [6.45, 7) is 1.62. The third-order valence-corrected chi connectivity index (χ3v) is 2.27. The molecular weight excluding hydrogens is 186 g/mol. The van der Waals surface area contributed by atoms with Crippen LogP contribution in [0.5, 0.6) is 0 Å². The highest BCUT2D eigenvalue weighted by atomic mass is 32.1. The van der Waals surface area contributed by atoms with E-state index in [1.54, 1.807) is 4.90 Å². The molecule has 0 bridgehead atoms. The lowest BCUT2D eigenvalue weighted by molar-refractivity contribution is 0.193. The van der Waals surface area contributed by atoms with Crippen LogP contribution in [-0.2, 0) is 4.74 Å². The van der Waals surface area contributed by atoms with E-state index in [2.05, 4.69) is 10.5 Å². The number of nitrogens with one attached hydrogen (secondary N) is 1. The average Bonchev–Trinajstić information content (AvgIpc) is 2.56. The molecule has 1 rings (SSSR count). The summed E-state index contributed by atoms with van der Waals surface area (Å²) in [6.07, 6.45) is 2.92. The van der Waals surface area contributed by atoms with Gasteiger partial charge in [-0.2, -0.15) is 5.10 Å². The van der Waals surface area contributed by atoms with Gasteiger partial charge in [-0.1, -0.05) is 0 Å². The molecule has 0 spiro atoms. The van der Waals surface area contributed by atoms with Gasteiger partial charge >= 0.3 is 0 Å². The van der Waals surface area contributed by atoms with E-state index in [0.29, 0.717) is 11.0 Å². The Labute approximate surface area is 83.9 Å². The molecule has 4 nitrogen and oxygen atoms in total. The maximum atomic E-state index is 5.20. The van der Waals surface area contributed by atoms with Gasteiger partial charge in [-0.3, -0.25) is 5.43 Å². The molecule has 1 heterocycles. The van der Waals surface area contributed by atoms with E-state index in [4.69, 9.17) is 17.0 Å². The van der Waals surface area contributed by atoms with Crippen LogP contribution in [-0.4, -0.2) is 43.5 Å². The Balaban J connectivity index is 2.20. The maximum absolute atomic E-state index is 5.20. The zero-order chi connectivity index (χ0) is 9.68. The molecule has 1 saturated heterocycles. The van der Waals surface area contributed by atoms with Gasteiger partial charge in [-0.15, -0.1) is 0 Å². The van der Waals surface area contributed by atoms with Crippen LogP contribution in [0.4, 0.5) is 0 Å².